The number of nitrogens with one attached hydrogen (secondary N) is 2. The maximum Gasteiger partial charge on any atom is 0.267 e. The zero-order valence-corrected chi connectivity index (χ0v) is 16.1. The molecule has 27 heavy (non-hydrogen) atoms. The minimum absolute atomic E-state index is 0.0471. The van der Waals surface area contributed by atoms with Gasteiger partial charge in [0.05, 0.1) is 11.4 Å². The summed E-state index contributed by atoms with van der Waals surface area (Å²) in [5.74, 6) is -0.354. The fourth-order valence-electron chi connectivity index (χ4n) is 2.32. The number of pyridine rings is 1. The van der Waals surface area contributed by atoms with Crippen molar-refractivity contribution in [1.29, 1.82) is 0 Å². The molecule has 0 spiro atoms. The maximum atomic E-state index is 12.6. The Balaban J connectivity index is 1.70. The van der Waals surface area contributed by atoms with Gasteiger partial charge in [-0.3, -0.25) is 14.6 Å². The van der Waals surface area contributed by atoms with Gasteiger partial charge in [-0.15, -0.1) is 11.3 Å². The van der Waals surface area contributed by atoms with Gasteiger partial charge in [-0.25, -0.2) is 4.98 Å². The highest BCUT2D eigenvalue weighted by Gasteiger charge is 2.17. The van der Waals surface area contributed by atoms with Crippen LogP contribution in [0, 0.1) is 12.8 Å². The van der Waals surface area contributed by atoms with Crippen LogP contribution in [0.1, 0.15) is 29.2 Å². The molecule has 0 atom stereocenters. The summed E-state index contributed by atoms with van der Waals surface area (Å²) in [6, 6.07) is 12.6. The van der Waals surface area contributed by atoms with E-state index in [4.69, 9.17) is 0 Å². The van der Waals surface area contributed by atoms with Crippen LogP contribution in [-0.2, 0) is 4.79 Å². The Morgan fingerprint density at radius 1 is 1.00 bits per heavy atom. The zero-order chi connectivity index (χ0) is 19.4. The van der Waals surface area contributed by atoms with E-state index in [0.29, 0.717) is 27.0 Å². The topological polar surface area (TPSA) is 84.0 Å². The summed E-state index contributed by atoms with van der Waals surface area (Å²) >= 11 is 1.31. The van der Waals surface area contributed by atoms with E-state index in [1.54, 1.807) is 30.5 Å². The lowest BCUT2D eigenvalue weighted by Gasteiger charge is -2.09. The minimum atomic E-state index is -0.217. The lowest BCUT2D eigenvalue weighted by atomic mass is 10.2. The van der Waals surface area contributed by atoms with Gasteiger partial charge >= 0.3 is 0 Å². The largest absolute Gasteiger partial charge is 0.326 e. The molecule has 0 bridgehead atoms. The Bertz CT molecular complexity index is 950. The molecular weight excluding hydrogens is 360 g/mol. The molecule has 0 aliphatic carbocycles. The van der Waals surface area contributed by atoms with Crippen molar-refractivity contribution in [1.82, 2.24) is 9.97 Å². The molecule has 6 nitrogen and oxygen atoms in total. The fraction of sp³-hybridized carbons (Fsp3) is 0.200. The van der Waals surface area contributed by atoms with Crippen molar-refractivity contribution >= 4 is 34.5 Å². The van der Waals surface area contributed by atoms with Gasteiger partial charge in [0.2, 0.25) is 5.91 Å². The lowest BCUT2D eigenvalue weighted by molar-refractivity contribution is -0.118. The van der Waals surface area contributed by atoms with Gasteiger partial charge in [0.25, 0.3) is 5.91 Å². The van der Waals surface area contributed by atoms with Gasteiger partial charge in [0.15, 0.2) is 0 Å². The smallest absolute Gasteiger partial charge is 0.267 e. The Labute approximate surface area is 161 Å². The first-order valence-electron chi connectivity index (χ1n) is 8.55. The first-order chi connectivity index (χ1) is 12.9. The van der Waals surface area contributed by atoms with Gasteiger partial charge < -0.3 is 10.6 Å². The van der Waals surface area contributed by atoms with Crippen LogP contribution in [0.4, 0.5) is 11.4 Å². The molecule has 0 saturated carbocycles. The zero-order valence-electron chi connectivity index (χ0n) is 15.3. The Kier molecular flexibility index (Phi) is 5.61. The summed E-state index contributed by atoms with van der Waals surface area (Å²) < 4.78 is 0. The van der Waals surface area contributed by atoms with Crippen LogP contribution in [0.3, 0.4) is 0 Å². The van der Waals surface area contributed by atoms with Crippen LogP contribution in [0.15, 0.2) is 48.7 Å². The van der Waals surface area contributed by atoms with Crippen LogP contribution >= 0.6 is 11.3 Å². The Morgan fingerprint density at radius 3 is 2.26 bits per heavy atom. The molecule has 0 unspecified atom stereocenters. The van der Waals surface area contributed by atoms with E-state index in [9.17, 15) is 9.59 Å². The van der Waals surface area contributed by atoms with Crippen molar-refractivity contribution in [2.75, 3.05) is 10.6 Å². The molecule has 1 aromatic carbocycles. The van der Waals surface area contributed by atoms with Crippen LogP contribution in [0.2, 0.25) is 0 Å². The molecule has 2 amide bonds. The van der Waals surface area contributed by atoms with Crippen molar-refractivity contribution in [2.45, 2.75) is 20.8 Å². The van der Waals surface area contributed by atoms with Gasteiger partial charge in [0.1, 0.15) is 9.88 Å². The van der Waals surface area contributed by atoms with Crippen molar-refractivity contribution < 1.29 is 9.59 Å². The molecule has 2 heterocycles. The number of aryl methyl sites for hydroxylation is 1. The van der Waals surface area contributed by atoms with Crippen LogP contribution in [0.5, 0.6) is 0 Å². The second-order valence-electron chi connectivity index (χ2n) is 6.32. The number of nitrogens with zero attached hydrogens (tertiary/aromatic N) is 2. The molecule has 0 fully saturated rings. The number of benzene rings is 1. The molecule has 2 aromatic heterocycles. The van der Waals surface area contributed by atoms with Gasteiger partial charge in [-0.1, -0.05) is 19.9 Å². The van der Waals surface area contributed by atoms with Crippen molar-refractivity contribution in [2.24, 2.45) is 5.92 Å². The summed E-state index contributed by atoms with van der Waals surface area (Å²) in [6.07, 6.45) is 1.70. The number of rotatable bonds is 5. The molecule has 0 radical (unpaired) electrons. The number of carbonyl (C=O) groups is 2. The Hall–Kier alpha value is -3.06. The summed E-state index contributed by atoms with van der Waals surface area (Å²) in [6.45, 7) is 5.48. The lowest BCUT2D eigenvalue weighted by Crippen LogP contribution is -2.17. The van der Waals surface area contributed by atoms with E-state index in [1.165, 1.54) is 11.3 Å². The number of hydrogen-bond donors (Lipinski definition) is 2. The number of aromatic nitrogens is 2. The second-order valence-corrected chi connectivity index (χ2v) is 7.32. The third-order valence-electron chi connectivity index (χ3n) is 3.82. The highest BCUT2D eigenvalue weighted by molar-refractivity contribution is 7.17. The monoisotopic (exact) mass is 380 g/mol. The van der Waals surface area contributed by atoms with Crippen LogP contribution in [-0.4, -0.2) is 21.8 Å². The summed E-state index contributed by atoms with van der Waals surface area (Å²) in [4.78, 5) is 33.6. The number of carbonyl (C=O) groups excluding carboxylic acids is 2. The van der Waals surface area contributed by atoms with E-state index >= 15 is 0 Å². The standard InChI is InChI=1S/C20H20N4O2S/c1-12(2)18(25)23-14-7-9-15(10-8-14)24-19(26)17-13(3)22-20(27-17)16-6-4-5-11-21-16/h4-12H,1-3H3,(H,23,25)(H,24,26). The molecule has 7 heteroatoms. The predicted molar refractivity (Wildman–Crippen MR) is 108 cm³/mol. The van der Waals surface area contributed by atoms with Gasteiger partial charge in [-0.2, -0.15) is 0 Å². The minimum Gasteiger partial charge on any atom is -0.326 e. The van der Waals surface area contributed by atoms with Crippen LogP contribution < -0.4 is 10.6 Å². The normalized spacial score (nSPS) is 10.7. The third-order valence-corrected chi connectivity index (χ3v) is 5.00. The summed E-state index contributed by atoms with van der Waals surface area (Å²) in [5.41, 5.74) is 2.75. The van der Waals surface area contributed by atoms with E-state index in [2.05, 4.69) is 20.6 Å². The summed E-state index contributed by atoms with van der Waals surface area (Å²) in [5, 5.41) is 6.40. The van der Waals surface area contributed by atoms with E-state index in [-0.39, 0.29) is 17.7 Å². The second kappa shape index (κ2) is 8.09. The molecule has 0 saturated heterocycles. The maximum absolute atomic E-state index is 12.6. The number of hydrogen-bond acceptors (Lipinski definition) is 5. The highest BCUT2D eigenvalue weighted by atomic mass is 32.1. The number of amides is 2. The van der Waals surface area contributed by atoms with E-state index in [1.807, 2.05) is 39.0 Å². The SMILES string of the molecule is Cc1nc(-c2ccccn2)sc1C(=O)Nc1ccc(NC(=O)C(C)C)cc1. The first-order valence-corrected chi connectivity index (χ1v) is 9.37. The third kappa shape index (κ3) is 4.57. The number of anilines is 2. The van der Waals surface area contributed by atoms with Crippen molar-refractivity contribution in [3.8, 4) is 10.7 Å². The molecular formula is C20H20N4O2S. The molecule has 0 aliphatic rings. The van der Waals surface area contributed by atoms with E-state index < -0.39 is 0 Å². The average molecular weight is 380 g/mol. The molecule has 3 aromatic rings. The molecule has 3 rings (SSSR count). The van der Waals surface area contributed by atoms with Gasteiger partial charge in [0, 0.05) is 23.5 Å². The average Bonchev–Trinajstić information content (AvgIpc) is 3.06. The predicted octanol–water partition coefficient (Wildman–Crippen LogP) is 4.36. The Morgan fingerprint density at radius 2 is 1.67 bits per heavy atom. The fourth-order valence-corrected chi connectivity index (χ4v) is 3.26. The molecule has 138 valence electrons. The molecule has 2 N–H and O–H groups in total. The summed E-state index contributed by atoms with van der Waals surface area (Å²) in [7, 11) is 0. The number of thiazole rings is 1. The quantitative estimate of drug-likeness (QED) is 0.689. The first kappa shape index (κ1) is 18.7. The molecule has 0 aliphatic heterocycles. The van der Waals surface area contributed by atoms with E-state index in [0.717, 1.165) is 5.69 Å². The van der Waals surface area contributed by atoms with Gasteiger partial charge in [-0.05, 0) is 43.3 Å². The highest BCUT2D eigenvalue weighted by Crippen LogP contribution is 2.27. The van der Waals surface area contributed by atoms with Crippen LogP contribution in [0.25, 0.3) is 10.7 Å². The van der Waals surface area contributed by atoms with Crippen molar-refractivity contribution in [3.05, 3.63) is 59.2 Å². The van der Waals surface area contributed by atoms with Crippen molar-refractivity contribution in [3.63, 3.8) is 0 Å².